The summed E-state index contributed by atoms with van der Waals surface area (Å²) >= 11 is 0. The van der Waals surface area contributed by atoms with Gasteiger partial charge in [0.15, 0.2) is 0 Å². The van der Waals surface area contributed by atoms with Gasteiger partial charge >= 0.3 is 0 Å². The van der Waals surface area contributed by atoms with Crippen molar-refractivity contribution in [2.45, 2.75) is 19.1 Å². The molecule has 1 heterocycles. The largest absolute Gasteiger partial charge is 0.378 e. The van der Waals surface area contributed by atoms with Crippen LogP contribution in [-0.4, -0.2) is 50.8 Å². The van der Waals surface area contributed by atoms with Crippen LogP contribution in [0, 0.1) is 0 Å². The Balaban J connectivity index is 0.00000264. The van der Waals surface area contributed by atoms with E-state index in [0.717, 1.165) is 0 Å². The second-order valence-electron chi connectivity index (χ2n) is 5.02. The lowest BCUT2D eigenvalue weighted by molar-refractivity contribution is -0.124. The molecule has 7 nitrogen and oxygen atoms in total. The molecule has 0 bridgehead atoms. The third-order valence-corrected chi connectivity index (χ3v) is 3.36. The number of morpholine rings is 1. The standard InChI is InChI=1S/C15H21N3O4.ClH/c1-10(21-2)14(19)17-11-4-3-5-12(8-11)18-15(20)13-9-22-7-6-16-13;/h3-5,8,10,13,16H,6-7,9H2,1-2H3,(H,17,19)(H,18,20);1H. The minimum atomic E-state index is -0.540. The molecule has 1 aliphatic rings. The molecule has 2 amide bonds. The number of methoxy groups -OCH3 is 1. The Hall–Kier alpha value is -1.67. The van der Waals surface area contributed by atoms with Gasteiger partial charge < -0.3 is 25.4 Å². The van der Waals surface area contributed by atoms with Crippen molar-refractivity contribution in [3.05, 3.63) is 24.3 Å². The summed E-state index contributed by atoms with van der Waals surface area (Å²) in [4.78, 5) is 23.9. The Bertz CT molecular complexity index is 535. The van der Waals surface area contributed by atoms with Gasteiger partial charge in [-0.1, -0.05) is 6.07 Å². The summed E-state index contributed by atoms with van der Waals surface area (Å²) < 4.78 is 10.2. The van der Waals surface area contributed by atoms with Crippen LogP contribution in [0.25, 0.3) is 0 Å². The molecule has 2 atom stereocenters. The summed E-state index contributed by atoms with van der Waals surface area (Å²) in [6.07, 6.45) is -0.540. The van der Waals surface area contributed by atoms with Crippen LogP contribution in [0.2, 0.25) is 0 Å². The maximum atomic E-state index is 12.1. The van der Waals surface area contributed by atoms with E-state index >= 15 is 0 Å². The molecular weight excluding hydrogens is 322 g/mol. The SMILES string of the molecule is COC(C)C(=O)Nc1cccc(NC(=O)C2COCCN2)c1.Cl. The average molecular weight is 344 g/mol. The summed E-state index contributed by atoms with van der Waals surface area (Å²) in [6, 6.07) is 6.60. The first kappa shape index (κ1) is 19.4. The minimum Gasteiger partial charge on any atom is -0.378 e. The maximum Gasteiger partial charge on any atom is 0.253 e. The fraction of sp³-hybridized carbons (Fsp3) is 0.467. The van der Waals surface area contributed by atoms with E-state index in [1.165, 1.54) is 7.11 Å². The second kappa shape index (κ2) is 9.46. The summed E-state index contributed by atoms with van der Waals surface area (Å²) in [6.45, 7) is 3.29. The Kier molecular flexibility index (Phi) is 7.97. The highest BCUT2D eigenvalue weighted by molar-refractivity contribution is 5.97. The highest BCUT2D eigenvalue weighted by Crippen LogP contribution is 2.16. The average Bonchev–Trinajstić information content (AvgIpc) is 2.55. The van der Waals surface area contributed by atoms with E-state index in [1.807, 2.05) is 0 Å². The number of ether oxygens (including phenoxy) is 2. The van der Waals surface area contributed by atoms with Crippen LogP contribution >= 0.6 is 12.4 Å². The lowest BCUT2D eigenvalue weighted by atomic mass is 10.2. The Morgan fingerprint density at radius 1 is 1.35 bits per heavy atom. The van der Waals surface area contributed by atoms with Crippen molar-refractivity contribution in [1.29, 1.82) is 0 Å². The molecule has 0 aromatic heterocycles. The van der Waals surface area contributed by atoms with E-state index in [9.17, 15) is 9.59 Å². The van der Waals surface area contributed by atoms with Gasteiger partial charge in [-0.15, -0.1) is 12.4 Å². The maximum absolute atomic E-state index is 12.1. The number of amides is 2. The molecule has 3 N–H and O–H groups in total. The molecule has 8 heteroatoms. The highest BCUT2D eigenvalue weighted by atomic mass is 35.5. The number of carbonyl (C=O) groups is 2. The monoisotopic (exact) mass is 343 g/mol. The van der Waals surface area contributed by atoms with Gasteiger partial charge in [0.2, 0.25) is 5.91 Å². The lowest BCUT2D eigenvalue weighted by Gasteiger charge is -2.23. The molecule has 0 saturated carbocycles. The van der Waals surface area contributed by atoms with Gasteiger partial charge in [-0.3, -0.25) is 9.59 Å². The first-order valence-corrected chi connectivity index (χ1v) is 7.16. The summed E-state index contributed by atoms with van der Waals surface area (Å²) in [5.74, 6) is -0.401. The smallest absolute Gasteiger partial charge is 0.253 e. The van der Waals surface area contributed by atoms with Crippen LogP contribution in [0.15, 0.2) is 24.3 Å². The molecular formula is C15H22ClN3O4. The quantitative estimate of drug-likeness (QED) is 0.742. The fourth-order valence-electron chi connectivity index (χ4n) is 1.99. The number of hydrogen-bond acceptors (Lipinski definition) is 5. The van der Waals surface area contributed by atoms with Gasteiger partial charge in [-0.25, -0.2) is 0 Å². The molecule has 0 radical (unpaired) electrons. The first-order chi connectivity index (χ1) is 10.6. The zero-order valence-corrected chi connectivity index (χ0v) is 13.9. The molecule has 1 aliphatic heterocycles. The zero-order chi connectivity index (χ0) is 15.9. The number of halogens is 1. The van der Waals surface area contributed by atoms with E-state index in [-0.39, 0.29) is 30.3 Å². The molecule has 2 rings (SSSR count). The first-order valence-electron chi connectivity index (χ1n) is 7.16. The fourth-order valence-corrected chi connectivity index (χ4v) is 1.99. The van der Waals surface area contributed by atoms with Crippen molar-refractivity contribution in [2.75, 3.05) is 37.5 Å². The molecule has 1 saturated heterocycles. The van der Waals surface area contributed by atoms with Gasteiger partial charge in [0.05, 0.1) is 13.2 Å². The molecule has 1 aromatic carbocycles. The predicted molar refractivity (Wildman–Crippen MR) is 90.0 cm³/mol. The van der Waals surface area contributed by atoms with Crippen LogP contribution in [-0.2, 0) is 19.1 Å². The Morgan fingerprint density at radius 3 is 2.65 bits per heavy atom. The normalized spacial score (nSPS) is 18.4. The minimum absolute atomic E-state index is 0. The van der Waals surface area contributed by atoms with Crippen LogP contribution in [0.3, 0.4) is 0 Å². The summed E-state index contributed by atoms with van der Waals surface area (Å²) in [7, 11) is 1.47. The van der Waals surface area contributed by atoms with Crippen LogP contribution in [0.1, 0.15) is 6.92 Å². The molecule has 0 spiro atoms. The molecule has 0 aliphatic carbocycles. The zero-order valence-electron chi connectivity index (χ0n) is 13.1. The molecule has 128 valence electrons. The molecule has 1 aromatic rings. The predicted octanol–water partition coefficient (Wildman–Crippen LogP) is 1.01. The van der Waals surface area contributed by atoms with Crippen molar-refractivity contribution in [3.8, 4) is 0 Å². The van der Waals surface area contributed by atoms with Gasteiger partial charge in [0, 0.05) is 25.0 Å². The number of nitrogens with one attached hydrogen (secondary N) is 3. The third-order valence-electron chi connectivity index (χ3n) is 3.36. The molecule has 1 fully saturated rings. The van der Waals surface area contributed by atoms with E-state index in [1.54, 1.807) is 31.2 Å². The van der Waals surface area contributed by atoms with Crippen LogP contribution < -0.4 is 16.0 Å². The Morgan fingerprint density at radius 2 is 2.04 bits per heavy atom. The lowest BCUT2D eigenvalue weighted by Crippen LogP contribution is -2.48. The molecule has 23 heavy (non-hydrogen) atoms. The third kappa shape index (κ3) is 5.80. The summed E-state index contributed by atoms with van der Waals surface area (Å²) in [5, 5.41) is 8.62. The van der Waals surface area contributed by atoms with Crippen molar-refractivity contribution >= 4 is 35.6 Å². The van der Waals surface area contributed by atoms with E-state index in [2.05, 4.69) is 16.0 Å². The number of carbonyl (C=O) groups excluding carboxylic acids is 2. The van der Waals surface area contributed by atoms with E-state index in [4.69, 9.17) is 9.47 Å². The number of rotatable bonds is 5. The van der Waals surface area contributed by atoms with Gasteiger partial charge in [0.1, 0.15) is 12.1 Å². The second-order valence-corrected chi connectivity index (χ2v) is 5.02. The van der Waals surface area contributed by atoms with Crippen molar-refractivity contribution in [1.82, 2.24) is 5.32 Å². The van der Waals surface area contributed by atoms with Gasteiger partial charge in [0.25, 0.3) is 5.91 Å². The number of hydrogen-bond donors (Lipinski definition) is 3. The van der Waals surface area contributed by atoms with Crippen molar-refractivity contribution < 1.29 is 19.1 Å². The highest BCUT2D eigenvalue weighted by Gasteiger charge is 2.21. The number of anilines is 2. The summed E-state index contributed by atoms with van der Waals surface area (Å²) in [5.41, 5.74) is 1.21. The number of benzene rings is 1. The van der Waals surface area contributed by atoms with Crippen LogP contribution in [0.4, 0.5) is 11.4 Å². The van der Waals surface area contributed by atoms with Crippen molar-refractivity contribution in [3.63, 3.8) is 0 Å². The van der Waals surface area contributed by atoms with Gasteiger partial charge in [-0.05, 0) is 25.1 Å². The van der Waals surface area contributed by atoms with Crippen molar-refractivity contribution in [2.24, 2.45) is 0 Å². The Labute approximate surface area is 141 Å². The van der Waals surface area contributed by atoms with Crippen LogP contribution in [0.5, 0.6) is 0 Å². The topological polar surface area (TPSA) is 88.7 Å². The molecule has 2 unspecified atom stereocenters. The van der Waals surface area contributed by atoms with E-state index < -0.39 is 6.10 Å². The van der Waals surface area contributed by atoms with E-state index in [0.29, 0.717) is 31.1 Å². The van der Waals surface area contributed by atoms with Gasteiger partial charge in [-0.2, -0.15) is 0 Å².